The van der Waals surface area contributed by atoms with E-state index in [0.717, 1.165) is 11.1 Å². The maximum atomic E-state index is 12.4. The molecule has 0 fully saturated rings. The fraction of sp³-hybridized carbons (Fsp3) is 0.222. The van der Waals surface area contributed by atoms with E-state index >= 15 is 0 Å². The summed E-state index contributed by atoms with van der Waals surface area (Å²) < 4.78 is 9.63. The second-order valence-electron chi connectivity index (χ2n) is 5.04. The van der Waals surface area contributed by atoms with Gasteiger partial charge in [-0.1, -0.05) is 18.2 Å². The minimum absolute atomic E-state index is 0.0486. The van der Waals surface area contributed by atoms with Crippen LogP contribution >= 0.6 is 0 Å². The van der Waals surface area contributed by atoms with E-state index in [1.165, 1.54) is 20.3 Å². The van der Waals surface area contributed by atoms with Gasteiger partial charge in [0.1, 0.15) is 5.70 Å². The van der Waals surface area contributed by atoms with Crippen molar-refractivity contribution in [1.29, 1.82) is 0 Å². The average molecular weight is 329 g/mol. The molecule has 1 aromatic rings. The summed E-state index contributed by atoms with van der Waals surface area (Å²) in [5, 5.41) is 9.47. The van der Waals surface area contributed by atoms with Crippen molar-refractivity contribution in [2.45, 2.75) is 13.5 Å². The van der Waals surface area contributed by atoms with Gasteiger partial charge in [0.15, 0.2) is 0 Å². The van der Waals surface area contributed by atoms with Crippen LogP contribution < -0.4 is 4.90 Å². The summed E-state index contributed by atoms with van der Waals surface area (Å²) in [5.74, 6) is -1.31. The summed E-state index contributed by atoms with van der Waals surface area (Å²) in [4.78, 5) is 26.0. The average Bonchev–Trinajstić information content (AvgIpc) is 2.83. The Morgan fingerprint density at radius 2 is 1.83 bits per heavy atom. The second-order valence-corrected chi connectivity index (χ2v) is 5.04. The normalized spacial score (nSPS) is 13.8. The van der Waals surface area contributed by atoms with Crippen LogP contribution in [-0.4, -0.2) is 31.3 Å². The van der Waals surface area contributed by atoms with Gasteiger partial charge in [0.25, 0.3) is 0 Å². The molecule has 0 radical (unpaired) electrons. The highest BCUT2D eigenvalue weighted by Gasteiger charge is 2.28. The third-order valence-corrected chi connectivity index (χ3v) is 3.74. The minimum Gasteiger partial charge on any atom is -0.465 e. The number of anilines is 1. The summed E-state index contributed by atoms with van der Waals surface area (Å²) in [6, 6.07) is 5.36. The van der Waals surface area contributed by atoms with E-state index in [4.69, 9.17) is 9.47 Å². The number of ether oxygens (including phenoxy) is 2. The van der Waals surface area contributed by atoms with Gasteiger partial charge in [0.05, 0.1) is 26.4 Å². The number of carbonyl (C=O) groups excluding carboxylic acids is 2. The molecular formula is C18H19NO5. The third kappa shape index (κ3) is 3.23. The zero-order chi connectivity index (χ0) is 17.7. The van der Waals surface area contributed by atoms with Crippen molar-refractivity contribution >= 4 is 17.6 Å². The van der Waals surface area contributed by atoms with Gasteiger partial charge in [-0.15, -0.1) is 0 Å². The lowest BCUT2D eigenvalue weighted by molar-refractivity contribution is -0.139. The van der Waals surface area contributed by atoms with Crippen LogP contribution in [0, 0.1) is 6.92 Å². The molecule has 24 heavy (non-hydrogen) atoms. The molecule has 126 valence electrons. The number of benzene rings is 1. The molecule has 1 aliphatic rings. The zero-order valence-electron chi connectivity index (χ0n) is 13.8. The summed E-state index contributed by atoms with van der Waals surface area (Å²) >= 11 is 0. The molecule has 0 amide bonds. The van der Waals surface area contributed by atoms with Gasteiger partial charge in [-0.05, 0) is 36.3 Å². The topological polar surface area (TPSA) is 76.1 Å². The third-order valence-electron chi connectivity index (χ3n) is 3.74. The first-order valence-electron chi connectivity index (χ1n) is 7.29. The minimum atomic E-state index is -0.666. The van der Waals surface area contributed by atoms with Crippen LogP contribution in [0.15, 0.2) is 53.9 Å². The Morgan fingerprint density at radius 3 is 2.46 bits per heavy atom. The molecule has 1 aliphatic heterocycles. The second kappa shape index (κ2) is 7.61. The molecule has 2 rings (SSSR count). The molecule has 0 unspecified atom stereocenters. The molecule has 0 bridgehead atoms. The van der Waals surface area contributed by atoms with E-state index in [2.05, 4.69) is 0 Å². The zero-order valence-corrected chi connectivity index (χ0v) is 13.8. The number of hydrogen-bond acceptors (Lipinski definition) is 6. The quantitative estimate of drug-likeness (QED) is 0.851. The van der Waals surface area contributed by atoms with Crippen molar-refractivity contribution in [3.63, 3.8) is 0 Å². The highest BCUT2D eigenvalue weighted by molar-refractivity contribution is 6.05. The van der Waals surface area contributed by atoms with Crippen LogP contribution in [-0.2, 0) is 25.7 Å². The van der Waals surface area contributed by atoms with E-state index < -0.39 is 11.9 Å². The Morgan fingerprint density at radius 1 is 1.12 bits per heavy atom. The number of nitrogens with zero attached hydrogens (tertiary/aromatic N) is 1. The fourth-order valence-corrected chi connectivity index (χ4v) is 2.45. The SMILES string of the molecule is COC(=O)C1=C(C(=O)OC)N(c2cccc(CO)c2C)C=CC=C1. The van der Waals surface area contributed by atoms with Gasteiger partial charge >= 0.3 is 11.9 Å². The number of aliphatic hydroxyl groups excluding tert-OH is 1. The van der Waals surface area contributed by atoms with E-state index in [0.29, 0.717) is 5.69 Å². The van der Waals surface area contributed by atoms with Crippen molar-refractivity contribution in [2.24, 2.45) is 0 Å². The van der Waals surface area contributed by atoms with Crippen LogP contribution in [0.25, 0.3) is 0 Å². The number of aliphatic hydroxyl groups is 1. The molecule has 0 aliphatic carbocycles. The molecule has 0 aromatic heterocycles. The van der Waals surface area contributed by atoms with Gasteiger partial charge in [0, 0.05) is 11.9 Å². The number of carbonyl (C=O) groups is 2. The number of rotatable bonds is 4. The number of esters is 2. The van der Waals surface area contributed by atoms with E-state index in [9.17, 15) is 14.7 Å². The lowest BCUT2D eigenvalue weighted by Gasteiger charge is -2.25. The smallest absolute Gasteiger partial charge is 0.355 e. The van der Waals surface area contributed by atoms with Crippen molar-refractivity contribution in [1.82, 2.24) is 0 Å². The molecule has 0 saturated heterocycles. The Kier molecular flexibility index (Phi) is 5.55. The van der Waals surface area contributed by atoms with Crippen LogP contribution in [0.3, 0.4) is 0 Å². The molecule has 6 nitrogen and oxygen atoms in total. The molecule has 0 spiro atoms. The predicted molar refractivity (Wildman–Crippen MR) is 88.9 cm³/mol. The number of methoxy groups -OCH3 is 2. The number of hydrogen-bond donors (Lipinski definition) is 1. The van der Waals surface area contributed by atoms with Crippen molar-refractivity contribution in [3.05, 3.63) is 65.0 Å². The lowest BCUT2D eigenvalue weighted by atomic mass is 10.1. The largest absolute Gasteiger partial charge is 0.465 e. The highest BCUT2D eigenvalue weighted by Crippen LogP contribution is 2.30. The first-order valence-corrected chi connectivity index (χ1v) is 7.29. The molecule has 1 aromatic carbocycles. The molecule has 0 atom stereocenters. The molecule has 1 N–H and O–H groups in total. The van der Waals surface area contributed by atoms with E-state index in [1.54, 1.807) is 41.5 Å². The Balaban J connectivity index is 2.70. The molecular weight excluding hydrogens is 310 g/mol. The van der Waals surface area contributed by atoms with Gasteiger partial charge < -0.3 is 19.5 Å². The van der Waals surface area contributed by atoms with Gasteiger partial charge in [-0.2, -0.15) is 0 Å². The summed E-state index contributed by atoms with van der Waals surface area (Å²) in [6.45, 7) is 1.70. The fourth-order valence-electron chi connectivity index (χ4n) is 2.45. The summed E-state index contributed by atoms with van der Waals surface area (Å²) in [7, 11) is 2.50. The number of allylic oxidation sites excluding steroid dienone is 2. The standard InChI is InChI=1S/C18H19NO5/c1-12-13(11-20)7-6-9-15(12)19-10-5-4-8-14(17(21)23-2)16(19)18(22)24-3/h4-10,20H,11H2,1-3H3. The summed E-state index contributed by atoms with van der Waals surface area (Å²) in [5.41, 5.74) is 2.30. The monoisotopic (exact) mass is 329 g/mol. The molecule has 0 saturated carbocycles. The first kappa shape index (κ1) is 17.5. The maximum absolute atomic E-state index is 12.4. The van der Waals surface area contributed by atoms with Crippen LogP contribution in [0.2, 0.25) is 0 Å². The van der Waals surface area contributed by atoms with E-state index in [1.807, 2.05) is 6.92 Å². The van der Waals surface area contributed by atoms with Crippen molar-refractivity contribution in [3.8, 4) is 0 Å². The van der Waals surface area contributed by atoms with Crippen LogP contribution in [0.4, 0.5) is 5.69 Å². The molecule has 6 heteroatoms. The Bertz CT molecular complexity index is 746. The maximum Gasteiger partial charge on any atom is 0.355 e. The van der Waals surface area contributed by atoms with E-state index in [-0.39, 0.29) is 17.9 Å². The first-order chi connectivity index (χ1) is 11.5. The van der Waals surface area contributed by atoms with Crippen molar-refractivity contribution < 1.29 is 24.2 Å². The molecule has 1 heterocycles. The van der Waals surface area contributed by atoms with Crippen LogP contribution in [0.5, 0.6) is 0 Å². The summed E-state index contributed by atoms with van der Waals surface area (Å²) in [6.07, 6.45) is 6.49. The van der Waals surface area contributed by atoms with Gasteiger partial charge in [-0.3, -0.25) is 0 Å². The van der Waals surface area contributed by atoms with Crippen molar-refractivity contribution in [2.75, 3.05) is 19.1 Å². The lowest BCUT2D eigenvalue weighted by Crippen LogP contribution is -2.27. The highest BCUT2D eigenvalue weighted by atomic mass is 16.5. The Labute approximate surface area is 140 Å². The van der Waals surface area contributed by atoms with Crippen LogP contribution in [0.1, 0.15) is 11.1 Å². The predicted octanol–water partition coefficient (Wildman–Crippen LogP) is 1.98. The van der Waals surface area contributed by atoms with Gasteiger partial charge in [-0.25, -0.2) is 9.59 Å². The Hall–Kier alpha value is -2.86. The van der Waals surface area contributed by atoms with Gasteiger partial charge in [0.2, 0.25) is 0 Å².